The van der Waals surface area contributed by atoms with Gasteiger partial charge >= 0.3 is 0 Å². The Kier molecular flexibility index (Phi) is 4.08. The molecule has 0 radical (unpaired) electrons. The van der Waals surface area contributed by atoms with Crippen LogP contribution >= 0.6 is 0 Å². The molecule has 3 aliphatic rings. The average molecular weight is 234 g/mol. The van der Waals surface area contributed by atoms with Crippen LogP contribution in [-0.2, 0) is 0 Å². The van der Waals surface area contributed by atoms with Crippen LogP contribution in [0.5, 0.6) is 0 Å². The Hall–Kier alpha value is 0. The Morgan fingerprint density at radius 3 is 1.18 bits per heavy atom. The summed E-state index contributed by atoms with van der Waals surface area (Å²) >= 11 is 0. The molecule has 0 nitrogen and oxygen atoms in total. The number of hydrogen-bond acceptors (Lipinski definition) is 0. The lowest BCUT2D eigenvalue weighted by molar-refractivity contribution is 0.0971. The first-order valence-electron chi connectivity index (χ1n) is 8.45. The smallest absolute Gasteiger partial charge is 0.0355 e. The molecule has 0 aromatic heterocycles. The summed E-state index contributed by atoms with van der Waals surface area (Å²) in [6.45, 7) is 0. The van der Waals surface area contributed by atoms with Gasteiger partial charge < -0.3 is 0 Å². The Labute approximate surface area is 108 Å². The molecule has 17 heavy (non-hydrogen) atoms. The second-order valence-electron chi connectivity index (χ2n) is 7.05. The Bertz CT molecular complexity index is 226. The average Bonchev–Trinajstić information content (AvgIpc) is 2.62. The molecule has 0 spiro atoms. The maximum absolute atomic E-state index is 1.59. The van der Waals surface area contributed by atoms with Crippen LogP contribution in [0.3, 0.4) is 0 Å². The molecule has 3 fully saturated rings. The van der Waals surface area contributed by atoms with E-state index in [2.05, 4.69) is 0 Å². The van der Waals surface area contributed by atoms with E-state index in [0.29, 0.717) is 0 Å². The fraction of sp³-hybridized carbons (Fsp3) is 1.00. The minimum Gasteiger partial charge on any atom is -0.0533 e. The highest BCUT2D eigenvalue weighted by atomic mass is 14.4. The van der Waals surface area contributed by atoms with Crippen LogP contribution < -0.4 is 0 Å². The van der Waals surface area contributed by atoms with Crippen molar-refractivity contribution < 1.29 is 0 Å². The highest BCUT2D eigenvalue weighted by molar-refractivity contribution is 4.87. The van der Waals surface area contributed by atoms with Crippen LogP contribution in [0, 0.1) is 23.7 Å². The summed E-state index contributed by atoms with van der Waals surface area (Å²) in [5.74, 6) is 4.56. The molecule has 0 aliphatic heterocycles. The topological polar surface area (TPSA) is 0 Å². The van der Waals surface area contributed by atoms with Gasteiger partial charge in [0.2, 0.25) is 0 Å². The van der Waals surface area contributed by atoms with Crippen molar-refractivity contribution in [2.75, 3.05) is 0 Å². The van der Waals surface area contributed by atoms with Gasteiger partial charge in [0.1, 0.15) is 0 Å². The molecule has 2 atom stereocenters. The van der Waals surface area contributed by atoms with Crippen LogP contribution in [0.4, 0.5) is 0 Å². The number of fused-ring (bicyclic) bond motifs is 1. The molecule has 0 heteroatoms. The zero-order valence-corrected chi connectivity index (χ0v) is 11.5. The number of rotatable bonds is 1. The van der Waals surface area contributed by atoms with Crippen LogP contribution in [-0.4, -0.2) is 0 Å². The van der Waals surface area contributed by atoms with E-state index in [0.717, 1.165) is 23.7 Å². The Morgan fingerprint density at radius 1 is 0.353 bits per heavy atom. The summed E-state index contributed by atoms with van der Waals surface area (Å²) in [6, 6.07) is 0. The van der Waals surface area contributed by atoms with Crippen LogP contribution in [0.1, 0.15) is 83.5 Å². The van der Waals surface area contributed by atoms with Crippen LogP contribution in [0.25, 0.3) is 0 Å². The van der Waals surface area contributed by atoms with E-state index in [1.807, 2.05) is 0 Å². The second kappa shape index (κ2) is 5.76. The van der Waals surface area contributed by atoms with Crippen LogP contribution in [0.2, 0.25) is 0 Å². The molecular weight excluding hydrogens is 204 g/mol. The predicted octanol–water partition coefficient (Wildman–Crippen LogP) is 5.56. The second-order valence-corrected chi connectivity index (χ2v) is 7.05. The zero-order valence-electron chi connectivity index (χ0n) is 11.5. The summed E-state index contributed by atoms with van der Waals surface area (Å²) in [7, 11) is 0. The summed E-state index contributed by atoms with van der Waals surface area (Å²) in [5, 5.41) is 0. The van der Waals surface area contributed by atoms with Gasteiger partial charge in [0.15, 0.2) is 0 Å². The Morgan fingerprint density at radius 2 is 0.706 bits per heavy atom. The van der Waals surface area contributed by atoms with E-state index in [1.54, 1.807) is 77.0 Å². The maximum atomic E-state index is 1.59. The minimum absolute atomic E-state index is 1.13. The van der Waals surface area contributed by atoms with Crippen molar-refractivity contribution in [3.63, 3.8) is 0 Å². The fourth-order valence-corrected chi connectivity index (χ4v) is 5.31. The van der Waals surface area contributed by atoms with Gasteiger partial charge in [-0.3, -0.25) is 0 Å². The van der Waals surface area contributed by atoms with E-state index in [-0.39, 0.29) is 0 Å². The molecule has 0 bridgehead atoms. The molecule has 0 heterocycles. The van der Waals surface area contributed by atoms with Crippen molar-refractivity contribution >= 4 is 0 Å². The largest absolute Gasteiger partial charge is 0.0533 e. The van der Waals surface area contributed by atoms with Crippen molar-refractivity contribution in [3.05, 3.63) is 0 Å². The normalized spacial score (nSPS) is 40.6. The minimum atomic E-state index is 1.13. The molecular formula is C17H30. The molecule has 0 N–H and O–H groups in total. The van der Waals surface area contributed by atoms with Gasteiger partial charge in [-0.1, -0.05) is 70.6 Å². The molecule has 3 aliphatic carbocycles. The molecule has 3 saturated carbocycles. The quantitative estimate of drug-likeness (QED) is 0.557. The van der Waals surface area contributed by atoms with E-state index in [4.69, 9.17) is 0 Å². The predicted molar refractivity (Wildman–Crippen MR) is 74.0 cm³/mol. The molecule has 3 rings (SSSR count). The molecule has 0 aromatic rings. The van der Waals surface area contributed by atoms with E-state index >= 15 is 0 Å². The van der Waals surface area contributed by atoms with E-state index in [1.165, 1.54) is 6.42 Å². The summed E-state index contributed by atoms with van der Waals surface area (Å²) in [5.41, 5.74) is 0. The Balaban J connectivity index is 1.70. The summed E-state index contributed by atoms with van der Waals surface area (Å²) in [4.78, 5) is 0. The standard InChI is InChI=1S/C17H30/c1-2-8-14(9-3-1)16-12-6-4-10-15-11-5-7-13-17(15)16/h14-17H,1-13H2. The first-order valence-corrected chi connectivity index (χ1v) is 8.45. The number of hydrogen-bond donors (Lipinski definition) is 0. The van der Waals surface area contributed by atoms with E-state index in [9.17, 15) is 0 Å². The van der Waals surface area contributed by atoms with Gasteiger partial charge in [-0.15, -0.1) is 0 Å². The van der Waals surface area contributed by atoms with Crippen molar-refractivity contribution in [2.45, 2.75) is 83.5 Å². The van der Waals surface area contributed by atoms with Crippen molar-refractivity contribution in [2.24, 2.45) is 23.7 Å². The fourth-order valence-electron chi connectivity index (χ4n) is 5.31. The lowest BCUT2D eigenvalue weighted by Gasteiger charge is -2.40. The third-order valence-electron chi connectivity index (χ3n) is 6.14. The van der Waals surface area contributed by atoms with Crippen LogP contribution in [0.15, 0.2) is 0 Å². The molecule has 98 valence electrons. The van der Waals surface area contributed by atoms with Gasteiger partial charge in [-0.25, -0.2) is 0 Å². The highest BCUT2D eigenvalue weighted by Crippen LogP contribution is 2.48. The first kappa shape index (κ1) is 12.1. The van der Waals surface area contributed by atoms with Crippen molar-refractivity contribution in [1.82, 2.24) is 0 Å². The van der Waals surface area contributed by atoms with Crippen molar-refractivity contribution in [3.8, 4) is 0 Å². The summed E-state index contributed by atoms with van der Waals surface area (Å²) in [6.07, 6.45) is 20.3. The van der Waals surface area contributed by atoms with Gasteiger partial charge in [-0.05, 0) is 36.5 Å². The monoisotopic (exact) mass is 234 g/mol. The molecule has 0 amide bonds. The molecule has 0 saturated heterocycles. The van der Waals surface area contributed by atoms with Gasteiger partial charge in [0.05, 0.1) is 0 Å². The summed E-state index contributed by atoms with van der Waals surface area (Å²) < 4.78 is 0. The van der Waals surface area contributed by atoms with Crippen molar-refractivity contribution in [1.29, 1.82) is 0 Å². The first-order chi connectivity index (χ1) is 8.45. The zero-order chi connectivity index (χ0) is 11.5. The third kappa shape index (κ3) is 2.71. The lowest BCUT2D eigenvalue weighted by atomic mass is 9.65. The highest BCUT2D eigenvalue weighted by Gasteiger charge is 2.37. The maximum Gasteiger partial charge on any atom is -0.0355 e. The van der Waals surface area contributed by atoms with Gasteiger partial charge in [0.25, 0.3) is 0 Å². The molecule has 2 unspecified atom stereocenters. The van der Waals surface area contributed by atoms with E-state index < -0.39 is 0 Å². The third-order valence-corrected chi connectivity index (χ3v) is 6.14. The lowest BCUT2D eigenvalue weighted by Crippen LogP contribution is -2.31. The molecule has 0 aromatic carbocycles. The van der Waals surface area contributed by atoms with Gasteiger partial charge in [0, 0.05) is 0 Å². The SMILES string of the molecule is C1CCC(C2CCCCC3CCCCC32)CC1. The van der Waals surface area contributed by atoms with Gasteiger partial charge in [-0.2, -0.15) is 0 Å².